The summed E-state index contributed by atoms with van der Waals surface area (Å²) in [6.07, 6.45) is 1.27. The first-order valence-corrected chi connectivity index (χ1v) is 9.05. The maximum Gasteiger partial charge on any atom is 0.309 e. The molecule has 0 radical (unpaired) electrons. The number of esters is 2. The highest BCUT2D eigenvalue weighted by atomic mass is 16.5. The fourth-order valence-electron chi connectivity index (χ4n) is 4.20. The van der Waals surface area contributed by atoms with E-state index in [4.69, 9.17) is 4.74 Å². The molecule has 6 atom stereocenters. The Morgan fingerprint density at radius 2 is 1.04 bits per heavy atom. The summed E-state index contributed by atoms with van der Waals surface area (Å²) in [5.74, 6) is -6.40. The fourth-order valence-corrected chi connectivity index (χ4v) is 4.20. The topological polar surface area (TPSA) is 136 Å². The highest BCUT2D eigenvalue weighted by molar-refractivity contribution is 5.82. The first-order chi connectivity index (χ1) is 12.8. The number of aliphatic carboxylic acids is 2. The molecule has 0 aromatic heterocycles. The minimum absolute atomic E-state index is 0.170. The fraction of sp³-hybridized carbons (Fsp3) is 0.778. The van der Waals surface area contributed by atoms with Gasteiger partial charge in [-0.25, -0.2) is 0 Å². The van der Waals surface area contributed by atoms with Gasteiger partial charge < -0.3 is 24.4 Å². The molecule has 2 fully saturated rings. The van der Waals surface area contributed by atoms with Crippen LogP contribution in [-0.4, -0.2) is 60.5 Å². The predicted octanol–water partition coefficient (Wildman–Crippen LogP) is 1.09. The Kier molecular flexibility index (Phi) is 7.18. The Balaban J connectivity index is 1.99. The van der Waals surface area contributed by atoms with Gasteiger partial charge in [0.25, 0.3) is 0 Å². The van der Waals surface area contributed by atoms with Gasteiger partial charge in [-0.1, -0.05) is 0 Å². The Morgan fingerprint density at radius 3 is 1.33 bits per heavy atom. The summed E-state index contributed by atoms with van der Waals surface area (Å²) >= 11 is 0. The second kappa shape index (κ2) is 9.16. The van der Waals surface area contributed by atoms with Gasteiger partial charge >= 0.3 is 23.9 Å². The zero-order chi connectivity index (χ0) is 20.1. The molecule has 0 amide bonds. The zero-order valence-electron chi connectivity index (χ0n) is 15.5. The van der Waals surface area contributed by atoms with Crippen LogP contribution in [-0.2, 0) is 33.4 Å². The van der Waals surface area contributed by atoms with Gasteiger partial charge in [-0.15, -0.1) is 0 Å². The highest BCUT2D eigenvalue weighted by Crippen LogP contribution is 2.37. The molecule has 0 saturated heterocycles. The van der Waals surface area contributed by atoms with Crippen LogP contribution in [0.5, 0.6) is 0 Å². The smallest absolute Gasteiger partial charge is 0.309 e. The summed E-state index contributed by atoms with van der Waals surface area (Å²) in [7, 11) is 2.46. The Labute approximate surface area is 157 Å². The maximum atomic E-state index is 11.8. The van der Waals surface area contributed by atoms with Crippen LogP contribution in [0.25, 0.3) is 0 Å². The van der Waals surface area contributed by atoms with Gasteiger partial charge in [0, 0.05) is 0 Å². The second-order valence-corrected chi connectivity index (χ2v) is 7.15. The van der Waals surface area contributed by atoms with Crippen LogP contribution in [0.15, 0.2) is 0 Å². The lowest BCUT2D eigenvalue weighted by atomic mass is 9.76. The number of rotatable bonds is 6. The van der Waals surface area contributed by atoms with Gasteiger partial charge in [-0.3, -0.25) is 19.2 Å². The van der Waals surface area contributed by atoms with Crippen LogP contribution in [0.1, 0.15) is 38.5 Å². The van der Waals surface area contributed by atoms with Crippen molar-refractivity contribution in [3.05, 3.63) is 0 Å². The van der Waals surface area contributed by atoms with Crippen LogP contribution in [0.4, 0.5) is 0 Å². The van der Waals surface area contributed by atoms with Crippen molar-refractivity contribution in [2.75, 3.05) is 14.2 Å². The van der Waals surface area contributed by atoms with Crippen LogP contribution >= 0.6 is 0 Å². The minimum atomic E-state index is -1.07. The van der Waals surface area contributed by atoms with Crippen LogP contribution in [0.2, 0.25) is 0 Å². The molecule has 0 aliphatic heterocycles. The monoisotopic (exact) mass is 386 g/mol. The highest BCUT2D eigenvalue weighted by Gasteiger charge is 2.44. The largest absolute Gasteiger partial charge is 0.481 e. The molecule has 27 heavy (non-hydrogen) atoms. The number of carboxylic acid groups (broad SMARTS) is 2. The molecule has 0 aromatic carbocycles. The molecule has 9 heteroatoms. The lowest BCUT2D eigenvalue weighted by Gasteiger charge is -2.37. The molecule has 9 nitrogen and oxygen atoms in total. The lowest BCUT2D eigenvalue weighted by molar-refractivity contribution is -0.167. The minimum Gasteiger partial charge on any atom is -0.481 e. The summed E-state index contributed by atoms with van der Waals surface area (Å²) in [4.78, 5) is 46.6. The van der Waals surface area contributed by atoms with Crippen LogP contribution < -0.4 is 0 Å². The molecule has 2 saturated carbocycles. The van der Waals surface area contributed by atoms with Crippen molar-refractivity contribution in [3.63, 3.8) is 0 Å². The molecule has 0 aromatic rings. The summed E-state index contributed by atoms with van der Waals surface area (Å²) in [5.41, 5.74) is 0. The molecular formula is C18H26O9. The quantitative estimate of drug-likeness (QED) is 0.643. The Morgan fingerprint density at radius 1 is 0.667 bits per heavy atom. The molecule has 0 spiro atoms. The van der Waals surface area contributed by atoms with Gasteiger partial charge in [0.15, 0.2) is 0 Å². The van der Waals surface area contributed by atoms with Gasteiger partial charge in [0.2, 0.25) is 0 Å². The summed E-state index contributed by atoms with van der Waals surface area (Å²) < 4.78 is 15.4. The SMILES string of the molecule is COC(=O)C1CCC(OC2CCC(C(=O)OC)C(C(=O)O)C2)CC1C(=O)O. The van der Waals surface area contributed by atoms with Crippen molar-refractivity contribution in [1.82, 2.24) is 0 Å². The number of methoxy groups -OCH3 is 2. The molecule has 2 rings (SSSR count). The van der Waals surface area contributed by atoms with Crippen molar-refractivity contribution in [1.29, 1.82) is 0 Å². The molecule has 6 unspecified atom stereocenters. The molecule has 2 N–H and O–H groups in total. The Bertz CT molecular complexity index is 537. The average Bonchev–Trinajstić information content (AvgIpc) is 2.66. The van der Waals surface area contributed by atoms with Gasteiger partial charge in [0.1, 0.15) is 0 Å². The number of carboxylic acids is 2. The van der Waals surface area contributed by atoms with E-state index in [-0.39, 0.29) is 25.0 Å². The maximum absolute atomic E-state index is 11.8. The molecule has 2 aliphatic rings. The predicted molar refractivity (Wildman–Crippen MR) is 89.6 cm³/mol. The first-order valence-electron chi connectivity index (χ1n) is 9.05. The average molecular weight is 386 g/mol. The van der Waals surface area contributed by atoms with Crippen molar-refractivity contribution < 1.29 is 43.6 Å². The van der Waals surface area contributed by atoms with Crippen molar-refractivity contribution in [3.8, 4) is 0 Å². The van der Waals surface area contributed by atoms with Crippen LogP contribution in [0.3, 0.4) is 0 Å². The summed E-state index contributed by atoms with van der Waals surface area (Å²) in [5, 5.41) is 18.8. The van der Waals surface area contributed by atoms with Crippen LogP contribution in [0, 0.1) is 23.7 Å². The normalized spacial score (nSPS) is 33.7. The third kappa shape index (κ3) is 4.97. The number of hydrogen-bond donors (Lipinski definition) is 2. The van der Waals surface area contributed by atoms with E-state index >= 15 is 0 Å². The van der Waals surface area contributed by atoms with Crippen molar-refractivity contribution in [2.24, 2.45) is 23.7 Å². The van der Waals surface area contributed by atoms with E-state index in [1.807, 2.05) is 0 Å². The van der Waals surface area contributed by atoms with Gasteiger partial charge in [-0.2, -0.15) is 0 Å². The van der Waals surface area contributed by atoms with E-state index in [9.17, 15) is 29.4 Å². The number of carbonyl (C=O) groups excluding carboxylic acids is 2. The Hall–Kier alpha value is -2.16. The number of ether oxygens (including phenoxy) is 3. The van der Waals surface area contributed by atoms with Crippen molar-refractivity contribution in [2.45, 2.75) is 50.7 Å². The van der Waals surface area contributed by atoms with E-state index in [2.05, 4.69) is 9.47 Å². The van der Waals surface area contributed by atoms with E-state index < -0.39 is 47.5 Å². The molecule has 2 aliphatic carbocycles. The van der Waals surface area contributed by atoms with Crippen molar-refractivity contribution >= 4 is 23.9 Å². The van der Waals surface area contributed by atoms with E-state index in [1.54, 1.807) is 0 Å². The third-order valence-electron chi connectivity index (χ3n) is 5.63. The lowest BCUT2D eigenvalue weighted by Crippen LogP contribution is -2.43. The van der Waals surface area contributed by atoms with Gasteiger partial charge in [-0.05, 0) is 38.5 Å². The van der Waals surface area contributed by atoms with E-state index in [1.165, 1.54) is 14.2 Å². The third-order valence-corrected chi connectivity index (χ3v) is 5.63. The standard InChI is InChI=1S/C18H26O9/c1-25-17(23)11-5-3-9(7-13(11)15(19)20)27-10-4-6-12(18(24)26-2)14(8-10)16(21)22/h9-14H,3-8H2,1-2H3,(H,19,20)(H,21,22). The molecule has 0 bridgehead atoms. The zero-order valence-corrected chi connectivity index (χ0v) is 15.5. The number of carbonyl (C=O) groups is 4. The molecular weight excluding hydrogens is 360 g/mol. The first kappa shape index (κ1) is 21.1. The van der Waals surface area contributed by atoms with E-state index in [0.29, 0.717) is 25.7 Å². The van der Waals surface area contributed by atoms with E-state index in [0.717, 1.165) is 0 Å². The number of hydrogen-bond acceptors (Lipinski definition) is 7. The second-order valence-electron chi connectivity index (χ2n) is 7.15. The van der Waals surface area contributed by atoms with Gasteiger partial charge in [0.05, 0.1) is 50.1 Å². The molecule has 152 valence electrons. The summed E-state index contributed by atoms with van der Waals surface area (Å²) in [6.45, 7) is 0. The molecule has 0 heterocycles. The summed E-state index contributed by atoms with van der Waals surface area (Å²) in [6, 6.07) is 0.